The number of nitrogens with zero attached hydrogens (tertiary/aromatic N) is 2. The fraction of sp³-hybridized carbons (Fsp3) is 0.0909. The van der Waals surface area contributed by atoms with Gasteiger partial charge in [-0.3, -0.25) is 0 Å². The average molecular weight is 392 g/mol. The second kappa shape index (κ2) is 7.74. The van der Waals surface area contributed by atoms with E-state index in [4.69, 9.17) is 26.6 Å². The summed E-state index contributed by atoms with van der Waals surface area (Å²) in [6.45, 7) is 2.40. The molecule has 0 fully saturated rings. The number of hydrogen-bond donors (Lipinski definition) is 1. The van der Waals surface area contributed by atoms with Crippen LogP contribution in [0.15, 0.2) is 71.3 Å². The Morgan fingerprint density at radius 1 is 1.00 bits per heavy atom. The minimum absolute atomic E-state index is 0.458. The van der Waals surface area contributed by atoms with Crippen LogP contribution in [0.4, 0.5) is 5.69 Å². The zero-order valence-corrected chi connectivity index (χ0v) is 16.0. The summed E-state index contributed by atoms with van der Waals surface area (Å²) in [6.07, 6.45) is 0. The zero-order valence-electron chi connectivity index (χ0n) is 15.2. The predicted octanol–water partition coefficient (Wildman–Crippen LogP) is 5.53. The monoisotopic (exact) mass is 391 g/mol. The van der Waals surface area contributed by atoms with Gasteiger partial charge in [-0.1, -0.05) is 41.0 Å². The molecule has 0 unspecified atom stereocenters. The first-order valence-corrected chi connectivity index (χ1v) is 9.15. The fourth-order valence-corrected chi connectivity index (χ4v) is 2.91. The van der Waals surface area contributed by atoms with Gasteiger partial charge in [-0.2, -0.15) is 4.98 Å². The van der Waals surface area contributed by atoms with Gasteiger partial charge in [-0.15, -0.1) is 0 Å². The summed E-state index contributed by atoms with van der Waals surface area (Å²) in [6, 6.07) is 20.8. The zero-order chi connectivity index (χ0) is 19.5. The van der Waals surface area contributed by atoms with Gasteiger partial charge in [0.1, 0.15) is 12.4 Å². The molecule has 0 aliphatic rings. The minimum atomic E-state index is 0.458. The van der Waals surface area contributed by atoms with E-state index in [1.165, 1.54) is 0 Å². The molecule has 28 heavy (non-hydrogen) atoms. The summed E-state index contributed by atoms with van der Waals surface area (Å²) in [5.41, 5.74) is 10.3. The summed E-state index contributed by atoms with van der Waals surface area (Å²) in [4.78, 5) is 4.51. The molecule has 1 heterocycles. The maximum atomic E-state index is 5.97. The Morgan fingerprint density at radius 3 is 2.50 bits per heavy atom. The van der Waals surface area contributed by atoms with Gasteiger partial charge in [0.05, 0.1) is 0 Å². The van der Waals surface area contributed by atoms with Crippen molar-refractivity contribution in [2.45, 2.75) is 13.5 Å². The predicted molar refractivity (Wildman–Crippen MR) is 110 cm³/mol. The fourth-order valence-electron chi connectivity index (χ4n) is 2.79. The molecule has 4 rings (SSSR count). The number of nitrogens with two attached hydrogens (primary N) is 1. The molecule has 0 amide bonds. The van der Waals surface area contributed by atoms with Crippen LogP contribution in [0.1, 0.15) is 11.1 Å². The summed E-state index contributed by atoms with van der Waals surface area (Å²) < 4.78 is 11.2. The van der Waals surface area contributed by atoms with E-state index in [9.17, 15) is 0 Å². The lowest BCUT2D eigenvalue weighted by Gasteiger charge is -2.06. The second-order valence-electron chi connectivity index (χ2n) is 6.38. The van der Waals surface area contributed by atoms with E-state index in [1.54, 1.807) is 12.1 Å². The highest BCUT2D eigenvalue weighted by Gasteiger charge is 2.13. The lowest BCUT2D eigenvalue weighted by atomic mass is 10.1. The molecule has 0 saturated carbocycles. The molecule has 3 aromatic carbocycles. The molecule has 0 spiro atoms. The Bertz CT molecular complexity index is 1090. The second-order valence-corrected chi connectivity index (χ2v) is 6.82. The quantitative estimate of drug-likeness (QED) is 0.453. The van der Waals surface area contributed by atoms with Crippen molar-refractivity contribution < 1.29 is 9.26 Å². The molecule has 0 saturated heterocycles. The van der Waals surface area contributed by atoms with Crippen molar-refractivity contribution in [2.75, 3.05) is 5.73 Å². The van der Waals surface area contributed by atoms with Crippen LogP contribution in [0.3, 0.4) is 0 Å². The van der Waals surface area contributed by atoms with Crippen LogP contribution < -0.4 is 10.5 Å². The van der Waals surface area contributed by atoms with Gasteiger partial charge in [0.15, 0.2) is 0 Å². The minimum Gasteiger partial charge on any atom is -0.489 e. The Hall–Kier alpha value is -3.31. The van der Waals surface area contributed by atoms with Crippen molar-refractivity contribution in [1.82, 2.24) is 10.1 Å². The Kier molecular flexibility index (Phi) is 5.00. The molecule has 140 valence electrons. The van der Waals surface area contributed by atoms with Crippen LogP contribution in [0.25, 0.3) is 22.8 Å². The summed E-state index contributed by atoms with van der Waals surface area (Å²) >= 11 is 5.88. The standard InChI is InChI=1S/C22H18ClN3O2/c1-14-19(3-2-4-20(14)24)21-25-22(28-26-21)16-7-5-15(6-8-16)13-27-18-11-9-17(23)10-12-18/h2-12H,13,24H2,1H3. The van der Waals surface area contributed by atoms with Gasteiger partial charge >= 0.3 is 0 Å². The Balaban J connectivity index is 1.47. The van der Waals surface area contributed by atoms with Crippen LogP contribution in [0.2, 0.25) is 5.02 Å². The smallest absolute Gasteiger partial charge is 0.258 e. The van der Waals surface area contributed by atoms with Crippen molar-refractivity contribution in [3.8, 4) is 28.6 Å². The lowest BCUT2D eigenvalue weighted by Crippen LogP contribution is -1.95. The number of nitrogen functional groups attached to an aromatic ring is 1. The van der Waals surface area contributed by atoms with Crippen molar-refractivity contribution >= 4 is 17.3 Å². The molecule has 2 N–H and O–H groups in total. The van der Waals surface area contributed by atoms with Gasteiger partial charge in [-0.25, -0.2) is 0 Å². The highest BCUT2D eigenvalue weighted by molar-refractivity contribution is 6.30. The maximum absolute atomic E-state index is 5.97. The van der Waals surface area contributed by atoms with E-state index in [-0.39, 0.29) is 0 Å². The molecule has 1 aromatic heterocycles. The number of rotatable bonds is 5. The molecular weight excluding hydrogens is 374 g/mol. The van der Waals surface area contributed by atoms with Gasteiger partial charge in [0, 0.05) is 21.8 Å². The number of hydrogen-bond acceptors (Lipinski definition) is 5. The number of aromatic nitrogens is 2. The third kappa shape index (κ3) is 3.85. The molecule has 0 aliphatic heterocycles. The molecule has 0 bridgehead atoms. The van der Waals surface area contributed by atoms with E-state index >= 15 is 0 Å². The number of halogens is 1. The first-order valence-electron chi connectivity index (χ1n) is 8.77. The highest BCUT2D eigenvalue weighted by atomic mass is 35.5. The molecule has 4 aromatic rings. The van der Waals surface area contributed by atoms with Crippen molar-refractivity contribution in [2.24, 2.45) is 0 Å². The number of anilines is 1. The normalized spacial score (nSPS) is 10.8. The van der Waals surface area contributed by atoms with Crippen molar-refractivity contribution in [3.05, 3.63) is 82.9 Å². The van der Waals surface area contributed by atoms with Gasteiger partial charge < -0.3 is 15.0 Å². The first kappa shape index (κ1) is 18.1. The third-order valence-corrected chi connectivity index (χ3v) is 4.71. The first-order chi connectivity index (χ1) is 13.6. The summed E-state index contributed by atoms with van der Waals surface area (Å²) in [7, 11) is 0. The van der Waals surface area contributed by atoms with E-state index < -0.39 is 0 Å². The Labute approximate surface area is 167 Å². The molecule has 0 aliphatic carbocycles. The highest BCUT2D eigenvalue weighted by Crippen LogP contribution is 2.27. The van der Waals surface area contributed by atoms with Gasteiger partial charge in [0.25, 0.3) is 5.89 Å². The largest absolute Gasteiger partial charge is 0.489 e. The third-order valence-electron chi connectivity index (χ3n) is 4.46. The van der Waals surface area contributed by atoms with E-state index in [0.717, 1.165) is 28.0 Å². The lowest BCUT2D eigenvalue weighted by molar-refractivity contribution is 0.306. The summed E-state index contributed by atoms with van der Waals surface area (Å²) in [5.74, 6) is 1.75. The van der Waals surface area contributed by atoms with E-state index in [0.29, 0.717) is 29.0 Å². The molecular formula is C22H18ClN3O2. The van der Waals surface area contributed by atoms with Gasteiger partial charge in [-0.05, 0) is 60.5 Å². The van der Waals surface area contributed by atoms with Crippen LogP contribution in [-0.2, 0) is 6.61 Å². The van der Waals surface area contributed by atoms with Crippen LogP contribution >= 0.6 is 11.6 Å². The summed E-state index contributed by atoms with van der Waals surface area (Å²) in [5, 5.41) is 4.78. The Morgan fingerprint density at radius 2 is 1.75 bits per heavy atom. The molecule has 6 heteroatoms. The molecule has 0 atom stereocenters. The van der Waals surface area contributed by atoms with Crippen molar-refractivity contribution in [1.29, 1.82) is 0 Å². The van der Waals surface area contributed by atoms with Gasteiger partial charge in [0.2, 0.25) is 5.82 Å². The maximum Gasteiger partial charge on any atom is 0.258 e. The van der Waals surface area contributed by atoms with E-state index in [2.05, 4.69) is 10.1 Å². The average Bonchev–Trinajstić information content (AvgIpc) is 3.20. The molecule has 5 nitrogen and oxygen atoms in total. The van der Waals surface area contributed by atoms with Crippen LogP contribution in [-0.4, -0.2) is 10.1 Å². The van der Waals surface area contributed by atoms with Crippen LogP contribution in [0.5, 0.6) is 5.75 Å². The number of benzene rings is 3. The molecule has 0 radical (unpaired) electrons. The SMILES string of the molecule is Cc1c(N)cccc1-c1noc(-c2ccc(COc3ccc(Cl)cc3)cc2)n1. The van der Waals surface area contributed by atoms with E-state index in [1.807, 2.05) is 61.5 Å². The van der Waals surface area contributed by atoms with Crippen molar-refractivity contribution in [3.63, 3.8) is 0 Å². The number of ether oxygens (including phenoxy) is 1. The topological polar surface area (TPSA) is 74.2 Å². The van der Waals surface area contributed by atoms with Crippen LogP contribution in [0, 0.1) is 6.92 Å².